The monoisotopic (exact) mass is 463 g/mol. The SMILES string of the molecule is FC(F)(Cl)Oc1ccc(Nc2nnc(-c3ccc(-n4ccnc4)cc3)c3ccccc23)cc1. The third-order valence-electron chi connectivity index (χ3n) is 4.98. The van der Waals surface area contributed by atoms with E-state index < -0.39 is 5.57 Å². The molecule has 0 bridgehead atoms. The average molecular weight is 464 g/mol. The van der Waals surface area contributed by atoms with Crippen molar-refractivity contribution in [2.45, 2.75) is 5.57 Å². The van der Waals surface area contributed by atoms with Crippen LogP contribution in [-0.2, 0) is 0 Å². The molecule has 164 valence electrons. The highest BCUT2D eigenvalue weighted by Gasteiger charge is 2.27. The van der Waals surface area contributed by atoms with Crippen LogP contribution in [0.2, 0.25) is 0 Å². The van der Waals surface area contributed by atoms with Crippen molar-refractivity contribution in [3.8, 4) is 22.7 Å². The van der Waals surface area contributed by atoms with Crippen LogP contribution in [-0.4, -0.2) is 25.3 Å². The zero-order valence-corrected chi connectivity index (χ0v) is 17.7. The van der Waals surface area contributed by atoms with Gasteiger partial charge in [0, 0.05) is 51.7 Å². The van der Waals surface area contributed by atoms with Crippen LogP contribution in [0.1, 0.15) is 0 Å². The number of anilines is 2. The summed E-state index contributed by atoms with van der Waals surface area (Å²) >= 11 is 4.81. The zero-order valence-electron chi connectivity index (χ0n) is 17.0. The Hall–Kier alpha value is -4.04. The minimum absolute atomic E-state index is 0.0500. The quantitative estimate of drug-likeness (QED) is 0.295. The molecular formula is C24H16ClF2N5O. The summed E-state index contributed by atoms with van der Waals surface area (Å²) in [6, 6.07) is 21.7. The molecule has 0 radical (unpaired) electrons. The number of nitrogens with zero attached hydrogens (tertiary/aromatic N) is 4. The molecule has 6 nitrogen and oxygen atoms in total. The van der Waals surface area contributed by atoms with Gasteiger partial charge in [0.2, 0.25) is 0 Å². The number of alkyl halides is 3. The second-order valence-corrected chi connectivity index (χ2v) is 7.60. The second-order valence-electron chi connectivity index (χ2n) is 7.16. The summed E-state index contributed by atoms with van der Waals surface area (Å²) < 4.78 is 31.9. The molecule has 0 aliphatic heterocycles. The molecule has 0 unspecified atom stereocenters. The Kier molecular flexibility index (Phi) is 5.35. The fraction of sp³-hybridized carbons (Fsp3) is 0.0417. The molecule has 0 spiro atoms. The number of imidazole rings is 1. The number of nitrogens with one attached hydrogen (secondary N) is 1. The Morgan fingerprint density at radius 1 is 0.879 bits per heavy atom. The molecule has 9 heteroatoms. The van der Waals surface area contributed by atoms with Crippen molar-refractivity contribution in [2.24, 2.45) is 0 Å². The topological polar surface area (TPSA) is 64.9 Å². The van der Waals surface area contributed by atoms with Crippen molar-refractivity contribution in [3.05, 3.63) is 91.5 Å². The van der Waals surface area contributed by atoms with Crippen LogP contribution in [0.25, 0.3) is 27.7 Å². The van der Waals surface area contributed by atoms with Crippen molar-refractivity contribution < 1.29 is 13.5 Å². The molecule has 2 heterocycles. The first-order valence-corrected chi connectivity index (χ1v) is 10.3. The third-order valence-corrected chi connectivity index (χ3v) is 5.06. The van der Waals surface area contributed by atoms with E-state index in [1.807, 2.05) is 59.3 Å². The standard InChI is InChI=1S/C24H16ClF2N5O/c25-24(26,27)33-19-11-7-17(8-12-19)29-23-21-4-2-1-3-20(21)22(30-31-23)16-5-9-18(10-6-16)32-14-13-28-15-32/h1-15H,(H,29,31). The second kappa shape index (κ2) is 8.48. The highest BCUT2D eigenvalue weighted by atomic mass is 35.5. The van der Waals surface area contributed by atoms with Gasteiger partial charge in [-0.1, -0.05) is 36.4 Å². The average Bonchev–Trinajstić information content (AvgIpc) is 3.35. The Bertz CT molecular complexity index is 1390. The van der Waals surface area contributed by atoms with Crippen LogP contribution in [0.15, 0.2) is 91.5 Å². The van der Waals surface area contributed by atoms with E-state index in [0.29, 0.717) is 11.5 Å². The molecule has 0 aliphatic carbocycles. The van der Waals surface area contributed by atoms with Crippen LogP contribution >= 0.6 is 11.6 Å². The lowest BCUT2D eigenvalue weighted by molar-refractivity contribution is -0.0964. The van der Waals surface area contributed by atoms with Crippen molar-refractivity contribution in [3.63, 3.8) is 0 Å². The van der Waals surface area contributed by atoms with Gasteiger partial charge in [-0.3, -0.25) is 0 Å². The number of hydrogen-bond acceptors (Lipinski definition) is 5. The first-order chi connectivity index (χ1) is 16.0. The molecule has 0 fully saturated rings. The van der Waals surface area contributed by atoms with E-state index >= 15 is 0 Å². The number of aromatic nitrogens is 4. The molecule has 3 aromatic carbocycles. The Morgan fingerprint density at radius 2 is 1.61 bits per heavy atom. The van der Waals surface area contributed by atoms with E-state index in [2.05, 4.69) is 25.2 Å². The minimum Gasteiger partial charge on any atom is -0.420 e. The van der Waals surface area contributed by atoms with Gasteiger partial charge >= 0.3 is 5.57 Å². The summed E-state index contributed by atoms with van der Waals surface area (Å²) in [5.41, 5.74) is -0.453. The summed E-state index contributed by atoms with van der Waals surface area (Å²) in [7, 11) is 0. The van der Waals surface area contributed by atoms with E-state index in [9.17, 15) is 8.78 Å². The lowest BCUT2D eigenvalue weighted by Gasteiger charge is -2.13. The van der Waals surface area contributed by atoms with Crippen LogP contribution in [0.4, 0.5) is 20.3 Å². The van der Waals surface area contributed by atoms with Crippen molar-refractivity contribution in [1.29, 1.82) is 0 Å². The summed E-state index contributed by atoms with van der Waals surface area (Å²) in [5.74, 6) is 0.492. The van der Waals surface area contributed by atoms with Crippen LogP contribution in [0.3, 0.4) is 0 Å². The zero-order chi connectivity index (χ0) is 22.8. The van der Waals surface area contributed by atoms with Gasteiger partial charge < -0.3 is 14.6 Å². The Morgan fingerprint density at radius 3 is 2.27 bits per heavy atom. The maximum atomic E-state index is 12.8. The fourth-order valence-corrected chi connectivity index (χ4v) is 3.58. The highest BCUT2D eigenvalue weighted by molar-refractivity contribution is 6.20. The van der Waals surface area contributed by atoms with Gasteiger partial charge in [-0.25, -0.2) is 4.98 Å². The molecule has 0 amide bonds. The number of halogens is 3. The maximum Gasteiger partial charge on any atom is 0.487 e. The van der Waals surface area contributed by atoms with Crippen LogP contribution in [0, 0.1) is 0 Å². The number of fused-ring (bicyclic) bond motifs is 1. The number of ether oxygens (including phenoxy) is 1. The van der Waals surface area contributed by atoms with Crippen molar-refractivity contribution in [1.82, 2.24) is 19.7 Å². The van der Waals surface area contributed by atoms with Gasteiger partial charge in [0.1, 0.15) is 11.4 Å². The largest absolute Gasteiger partial charge is 0.487 e. The van der Waals surface area contributed by atoms with Crippen molar-refractivity contribution in [2.75, 3.05) is 5.32 Å². The van der Waals surface area contributed by atoms with Crippen LogP contribution < -0.4 is 10.1 Å². The van der Waals surface area contributed by atoms with Gasteiger partial charge in [0.15, 0.2) is 5.82 Å². The lowest BCUT2D eigenvalue weighted by Crippen LogP contribution is -2.15. The van der Waals surface area contributed by atoms with E-state index in [0.717, 1.165) is 27.7 Å². The third kappa shape index (κ3) is 4.61. The summed E-state index contributed by atoms with van der Waals surface area (Å²) in [6.45, 7) is 0. The number of hydrogen-bond donors (Lipinski definition) is 1. The molecule has 2 aromatic heterocycles. The van der Waals surface area contributed by atoms with Crippen molar-refractivity contribution >= 4 is 33.9 Å². The Balaban J connectivity index is 1.45. The molecule has 33 heavy (non-hydrogen) atoms. The fourth-order valence-electron chi connectivity index (χ4n) is 3.49. The maximum absolute atomic E-state index is 12.8. The molecule has 1 N–H and O–H groups in total. The number of benzene rings is 3. The highest BCUT2D eigenvalue weighted by Crippen LogP contribution is 2.32. The van der Waals surface area contributed by atoms with Gasteiger partial charge in [0.25, 0.3) is 0 Å². The summed E-state index contributed by atoms with van der Waals surface area (Å²) in [4.78, 5) is 4.07. The molecule has 0 aliphatic rings. The Labute approximate surface area is 192 Å². The molecular weight excluding hydrogens is 448 g/mol. The smallest absolute Gasteiger partial charge is 0.420 e. The molecule has 5 rings (SSSR count). The lowest BCUT2D eigenvalue weighted by atomic mass is 10.0. The molecule has 5 aromatic rings. The minimum atomic E-state index is -3.76. The van der Waals surface area contributed by atoms with E-state index in [1.54, 1.807) is 24.7 Å². The number of rotatable bonds is 6. The molecule has 0 saturated carbocycles. The molecule has 0 saturated heterocycles. The van der Waals surface area contributed by atoms with E-state index in [1.165, 1.54) is 12.1 Å². The van der Waals surface area contributed by atoms with Crippen LogP contribution in [0.5, 0.6) is 5.75 Å². The molecule has 0 atom stereocenters. The predicted molar refractivity (Wildman–Crippen MR) is 123 cm³/mol. The predicted octanol–water partition coefficient (Wildman–Crippen LogP) is 6.39. The van der Waals surface area contributed by atoms with E-state index in [4.69, 9.17) is 11.6 Å². The van der Waals surface area contributed by atoms with Gasteiger partial charge in [-0.15, -0.1) is 19.0 Å². The summed E-state index contributed by atoms with van der Waals surface area (Å²) in [5, 5.41) is 13.8. The van der Waals surface area contributed by atoms with Gasteiger partial charge in [-0.2, -0.15) is 0 Å². The first-order valence-electron chi connectivity index (χ1n) is 9.93. The van der Waals surface area contributed by atoms with E-state index in [-0.39, 0.29) is 5.75 Å². The summed E-state index contributed by atoms with van der Waals surface area (Å²) in [6.07, 6.45) is 5.35. The normalized spacial score (nSPS) is 11.5. The first kappa shape index (κ1) is 20.8. The van der Waals surface area contributed by atoms with Gasteiger partial charge in [-0.05, 0) is 36.4 Å². The van der Waals surface area contributed by atoms with Gasteiger partial charge in [0.05, 0.1) is 6.33 Å².